The smallest absolute Gasteiger partial charge is 0.168 e. The molecule has 0 atom stereocenters. The number of aryl methyl sites for hydroxylation is 1. The maximum atomic E-state index is 5.66. The minimum absolute atomic E-state index is 0.813. The van der Waals surface area contributed by atoms with Crippen molar-refractivity contribution in [2.24, 2.45) is 0 Å². The van der Waals surface area contributed by atoms with Crippen LogP contribution in [0.15, 0.2) is 30.3 Å². The maximum Gasteiger partial charge on any atom is 0.168 e. The third-order valence-corrected chi connectivity index (χ3v) is 5.37. The second-order valence-electron chi connectivity index (χ2n) is 5.58. The van der Waals surface area contributed by atoms with Gasteiger partial charge in [0.25, 0.3) is 0 Å². The zero-order valence-corrected chi connectivity index (χ0v) is 16.0. The molecule has 2 heterocycles. The van der Waals surface area contributed by atoms with Crippen LogP contribution < -0.4 is 4.90 Å². The Bertz CT molecular complexity index is 879. The first-order valence-corrected chi connectivity index (χ1v) is 9.64. The van der Waals surface area contributed by atoms with Crippen molar-refractivity contribution in [2.75, 3.05) is 18.0 Å². The largest absolute Gasteiger partial charge is 0.356 e. The fourth-order valence-corrected chi connectivity index (χ4v) is 4.20. The first-order chi connectivity index (χ1) is 11.7. The third-order valence-electron chi connectivity index (χ3n) is 4.01. The lowest BCUT2D eigenvalue weighted by atomic mass is 10.3. The summed E-state index contributed by atoms with van der Waals surface area (Å²) < 4.78 is 3.96. The van der Waals surface area contributed by atoms with E-state index in [0.717, 1.165) is 57.6 Å². The summed E-state index contributed by atoms with van der Waals surface area (Å²) in [4.78, 5) is 12.0. The molecular weight excluding hydrogens is 336 g/mol. The molecule has 0 aliphatic rings. The molecule has 0 aliphatic heterocycles. The molecule has 3 aromatic rings. The van der Waals surface area contributed by atoms with E-state index in [9.17, 15) is 0 Å². The van der Waals surface area contributed by atoms with Crippen LogP contribution in [0.3, 0.4) is 0 Å². The molecular formula is C18H22N4S2. The molecule has 126 valence electrons. The molecule has 3 rings (SSSR count). The summed E-state index contributed by atoms with van der Waals surface area (Å²) in [6, 6.07) is 10.2. The highest BCUT2D eigenvalue weighted by atomic mass is 32.1. The van der Waals surface area contributed by atoms with E-state index in [1.807, 2.05) is 18.2 Å². The van der Waals surface area contributed by atoms with E-state index in [2.05, 4.69) is 42.4 Å². The number of aromatic nitrogens is 3. The molecule has 0 fully saturated rings. The standard InChI is InChI=1S/C18H22N4S2/c1-4-10-14-19-16(21(5-2)6-3)15-17(20-14)22(18(23)24-15)13-11-8-7-9-12-13/h7-9,11-12H,4-6,10H2,1-3H3. The van der Waals surface area contributed by atoms with Crippen molar-refractivity contribution in [2.45, 2.75) is 33.6 Å². The first-order valence-electron chi connectivity index (χ1n) is 8.42. The molecule has 6 heteroatoms. The first kappa shape index (κ1) is 17.0. The SMILES string of the molecule is CCCc1nc(N(CC)CC)c2sc(=S)n(-c3ccccc3)c2n1. The van der Waals surface area contributed by atoms with E-state index in [1.54, 1.807) is 11.3 Å². The Kier molecular flexibility index (Phi) is 5.26. The van der Waals surface area contributed by atoms with E-state index in [-0.39, 0.29) is 0 Å². The fraction of sp³-hybridized carbons (Fsp3) is 0.389. The number of fused-ring (bicyclic) bond motifs is 1. The van der Waals surface area contributed by atoms with Crippen LogP contribution in [-0.2, 0) is 6.42 Å². The Hall–Kier alpha value is -1.79. The summed E-state index contributed by atoms with van der Waals surface area (Å²) >= 11 is 7.25. The molecule has 0 saturated carbocycles. The molecule has 24 heavy (non-hydrogen) atoms. The number of hydrogen-bond acceptors (Lipinski definition) is 5. The van der Waals surface area contributed by atoms with Crippen molar-refractivity contribution in [1.82, 2.24) is 14.5 Å². The normalized spacial score (nSPS) is 11.1. The van der Waals surface area contributed by atoms with Crippen LogP contribution in [0.4, 0.5) is 5.82 Å². The number of para-hydroxylation sites is 1. The van der Waals surface area contributed by atoms with Gasteiger partial charge in [0, 0.05) is 25.2 Å². The highest BCUT2D eigenvalue weighted by molar-refractivity contribution is 7.73. The van der Waals surface area contributed by atoms with Gasteiger partial charge in [-0.05, 0) is 44.6 Å². The summed E-state index contributed by atoms with van der Waals surface area (Å²) in [5.74, 6) is 1.91. The van der Waals surface area contributed by atoms with Crippen molar-refractivity contribution in [1.29, 1.82) is 0 Å². The fourth-order valence-electron chi connectivity index (χ4n) is 2.81. The molecule has 4 nitrogen and oxygen atoms in total. The van der Waals surface area contributed by atoms with Crippen LogP contribution in [0.2, 0.25) is 0 Å². The predicted octanol–water partition coefficient (Wildman–Crippen LogP) is 5.01. The number of thiazole rings is 1. The van der Waals surface area contributed by atoms with E-state index < -0.39 is 0 Å². The van der Waals surface area contributed by atoms with Crippen molar-refractivity contribution < 1.29 is 0 Å². The minimum Gasteiger partial charge on any atom is -0.356 e. The van der Waals surface area contributed by atoms with E-state index in [1.165, 1.54) is 0 Å². The van der Waals surface area contributed by atoms with Gasteiger partial charge in [-0.3, -0.25) is 4.57 Å². The lowest BCUT2D eigenvalue weighted by molar-refractivity contribution is 0.804. The number of anilines is 1. The molecule has 0 N–H and O–H groups in total. The van der Waals surface area contributed by atoms with Crippen LogP contribution >= 0.6 is 23.6 Å². The Balaban J connectivity index is 2.32. The van der Waals surface area contributed by atoms with Crippen LogP contribution in [0, 0.1) is 3.95 Å². The molecule has 0 spiro atoms. The molecule has 2 aromatic heterocycles. The van der Waals surface area contributed by atoms with E-state index in [4.69, 9.17) is 22.2 Å². The highest BCUT2D eigenvalue weighted by Gasteiger charge is 2.18. The van der Waals surface area contributed by atoms with Gasteiger partial charge in [0.05, 0.1) is 0 Å². The summed E-state index contributed by atoms with van der Waals surface area (Å²) in [7, 11) is 0. The van der Waals surface area contributed by atoms with Crippen LogP contribution in [0.1, 0.15) is 33.0 Å². The predicted molar refractivity (Wildman–Crippen MR) is 105 cm³/mol. The molecule has 0 saturated heterocycles. The van der Waals surface area contributed by atoms with Gasteiger partial charge in [-0.2, -0.15) is 0 Å². The van der Waals surface area contributed by atoms with Gasteiger partial charge in [-0.25, -0.2) is 9.97 Å². The Morgan fingerprint density at radius 2 is 1.79 bits per heavy atom. The van der Waals surface area contributed by atoms with Gasteiger partial charge >= 0.3 is 0 Å². The number of hydrogen-bond donors (Lipinski definition) is 0. The monoisotopic (exact) mass is 358 g/mol. The van der Waals surface area contributed by atoms with Crippen molar-refractivity contribution in [3.8, 4) is 5.69 Å². The Morgan fingerprint density at radius 1 is 1.08 bits per heavy atom. The van der Waals surface area contributed by atoms with Gasteiger partial charge in [-0.15, -0.1) is 0 Å². The average Bonchev–Trinajstić information content (AvgIpc) is 2.93. The van der Waals surface area contributed by atoms with Gasteiger partial charge < -0.3 is 4.90 Å². The van der Waals surface area contributed by atoms with Gasteiger partial charge in [-0.1, -0.05) is 36.5 Å². The van der Waals surface area contributed by atoms with E-state index >= 15 is 0 Å². The van der Waals surface area contributed by atoms with Gasteiger partial charge in [0.2, 0.25) is 0 Å². The summed E-state index contributed by atoms with van der Waals surface area (Å²) in [5, 5.41) is 0. The second-order valence-corrected chi connectivity index (χ2v) is 7.22. The third kappa shape index (κ3) is 3.08. The summed E-state index contributed by atoms with van der Waals surface area (Å²) in [6.07, 6.45) is 1.90. The van der Waals surface area contributed by atoms with E-state index in [0.29, 0.717) is 0 Å². The quantitative estimate of drug-likeness (QED) is 0.580. The molecule has 0 radical (unpaired) electrons. The molecule has 0 unspecified atom stereocenters. The zero-order valence-electron chi connectivity index (χ0n) is 14.3. The zero-order chi connectivity index (χ0) is 17.1. The van der Waals surface area contributed by atoms with Crippen LogP contribution in [0.5, 0.6) is 0 Å². The summed E-state index contributed by atoms with van der Waals surface area (Å²) in [6.45, 7) is 8.31. The molecule has 0 bridgehead atoms. The van der Waals surface area contributed by atoms with Crippen molar-refractivity contribution in [3.05, 3.63) is 40.1 Å². The van der Waals surface area contributed by atoms with Crippen molar-refractivity contribution in [3.63, 3.8) is 0 Å². The number of nitrogens with zero attached hydrogens (tertiary/aromatic N) is 4. The molecule has 0 amide bonds. The topological polar surface area (TPSA) is 34.0 Å². The lowest BCUT2D eigenvalue weighted by Crippen LogP contribution is -2.23. The lowest BCUT2D eigenvalue weighted by Gasteiger charge is -2.20. The minimum atomic E-state index is 0.813. The molecule has 1 aromatic carbocycles. The number of benzene rings is 1. The average molecular weight is 359 g/mol. The van der Waals surface area contributed by atoms with Crippen LogP contribution in [-0.4, -0.2) is 27.6 Å². The van der Waals surface area contributed by atoms with Crippen molar-refractivity contribution >= 4 is 39.7 Å². The maximum absolute atomic E-state index is 5.66. The van der Waals surface area contributed by atoms with Gasteiger partial charge in [0.1, 0.15) is 10.5 Å². The second kappa shape index (κ2) is 7.40. The highest BCUT2D eigenvalue weighted by Crippen LogP contribution is 2.32. The van der Waals surface area contributed by atoms with Gasteiger partial charge in [0.15, 0.2) is 15.4 Å². The molecule has 0 aliphatic carbocycles. The number of rotatable bonds is 6. The summed E-state index contributed by atoms with van der Waals surface area (Å²) in [5.41, 5.74) is 1.98. The Labute approximate surface area is 151 Å². The van der Waals surface area contributed by atoms with Crippen LogP contribution in [0.25, 0.3) is 16.0 Å². The Morgan fingerprint density at radius 3 is 2.42 bits per heavy atom.